The molecule has 0 spiro atoms. The van der Waals surface area contributed by atoms with Gasteiger partial charge < -0.3 is 10.1 Å². The molecular formula is C18H19NO. The summed E-state index contributed by atoms with van der Waals surface area (Å²) in [5.74, 6) is 0. The average molecular weight is 265 g/mol. The molecule has 2 unspecified atom stereocenters. The minimum Gasteiger partial charge on any atom is -0.378 e. The fourth-order valence-corrected chi connectivity index (χ4v) is 3.44. The number of benzene rings is 2. The van der Waals surface area contributed by atoms with Gasteiger partial charge in [-0.3, -0.25) is 0 Å². The number of hydrogen-bond donors (Lipinski definition) is 1. The van der Waals surface area contributed by atoms with E-state index >= 15 is 0 Å². The molecule has 1 saturated heterocycles. The third-order valence-corrected chi connectivity index (χ3v) is 4.31. The van der Waals surface area contributed by atoms with Gasteiger partial charge in [0.2, 0.25) is 0 Å². The first-order chi connectivity index (χ1) is 9.88. The van der Waals surface area contributed by atoms with Crippen molar-refractivity contribution in [2.75, 3.05) is 13.2 Å². The van der Waals surface area contributed by atoms with E-state index in [9.17, 15) is 0 Å². The second kappa shape index (κ2) is 5.04. The van der Waals surface area contributed by atoms with Gasteiger partial charge in [-0.2, -0.15) is 0 Å². The lowest BCUT2D eigenvalue weighted by atomic mass is 9.90. The lowest BCUT2D eigenvalue weighted by Crippen LogP contribution is -2.50. The third-order valence-electron chi connectivity index (χ3n) is 4.31. The molecule has 0 radical (unpaired) electrons. The van der Waals surface area contributed by atoms with Gasteiger partial charge in [-0.15, -0.1) is 0 Å². The molecule has 1 fully saturated rings. The van der Waals surface area contributed by atoms with E-state index in [4.69, 9.17) is 4.74 Å². The summed E-state index contributed by atoms with van der Waals surface area (Å²) in [7, 11) is 0. The number of rotatable bonds is 2. The summed E-state index contributed by atoms with van der Waals surface area (Å²) in [6, 6.07) is 16.2. The van der Waals surface area contributed by atoms with Crippen LogP contribution in [0.3, 0.4) is 0 Å². The van der Waals surface area contributed by atoms with E-state index in [1.165, 1.54) is 16.3 Å². The van der Waals surface area contributed by atoms with E-state index in [0.29, 0.717) is 12.1 Å². The molecule has 2 heterocycles. The van der Waals surface area contributed by atoms with E-state index < -0.39 is 0 Å². The number of hydrogen-bond acceptors (Lipinski definition) is 2. The number of ether oxygens (including phenoxy) is 1. The average Bonchev–Trinajstić information content (AvgIpc) is 2.47. The second-order valence-corrected chi connectivity index (χ2v) is 5.85. The molecule has 2 aromatic carbocycles. The Kier molecular flexibility index (Phi) is 3.06. The highest BCUT2D eigenvalue weighted by Gasteiger charge is 2.25. The summed E-state index contributed by atoms with van der Waals surface area (Å²) >= 11 is 0. The summed E-state index contributed by atoms with van der Waals surface area (Å²) in [6.07, 6.45) is 4.55. The maximum Gasteiger partial charge on any atom is 0.0656 e. The van der Waals surface area contributed by atoms with Gasteiger partial charge in [-0.05, 0) is 29.2 Å². The van der Waals surface area contributed by atoms with Crippen LogP contribution in [0.5, 0.6) is 0 Å². The lowest BCUT2D eigenvalue weighted by molar-refractivity contribution is 0.0528. The maximum absolute atomic E-state index is 5.60. The zero-order chi connectivity index (χ0) is 13.4. The van der Waals surface area contributed by atoms with E-state index in [-0.39, 0.29) is 0 Å². The van der Waals surface area contributed by atoms with Crippen LogP contribution in [0, 0.1) is 0 Å². The van der Waals surface area contributed by atoms with Gasteiger partial charge in [0.15, 0.2) is 0 Å². The van der Waals surface area contributed by atoms with Crippen LogP contribution in [-0.4, -0.2) is 25.3 Å². The molecule has 20 heavy (non-hydrogen) atoms. The Labute approximate surface area is 119 Å². The van der Waals surface area contributed by atoms with Crippen molar-refractivity contribution in [2.45, 2.75) is 24.9 Å². The predicted molar refractivity (Wildman–Crippen MR) is 81.9 cm³/mol. The first-order valence-electron chi connectivity index (χ1n) is 7.38. The molecule has 1 N–H and O–H groups in total. The number of fused-ring (bicyclic) bond motifs is 3. The largest absolute Gasteiger partial charge is 0.378 e. The van der Waals surface area contributed by atoms with Crippen molar-refractivity contribution in [1.82, 2.24) is 5.32 Å². The molecule has 2 bridgehead atoms. The van der Waals surface area contributed by atoms with Crippen molar-refractivity contribution in [3.63, 3.8) is 0 Å². The molecule has 0 saturated carbocycles. The molecule has 0 aliphatic carbocycles. The van der Waals surface area contributed by atoms with E-state index in [0.717, 1.165) is 26.1 Å². The van der Waals surface area contributed by atoms with Crippen molar-refractivity contribution >= 4 is 10.8 Å². The topological polar surface area (TPSA) is 21.3 Å². The molecule has 2 atom stereocenters. The summed E-state index contributed by atoms with van der Waals surface area (Å²) in [6.45, 7) is 1.67. The first kappa shape index (κ1) is 12.1. The van der Waals surface area contributed by atoms with Crippen LogP contribution in [0.1, 0.15) is 12.0 Å². The normalized spacial score (nSPS) is 25.5. The standard InChI is InChI=1S/C18H19NO/c1-2-7-18-14(4-1)5-3-6-15(18)8-13-9-16-11-20-12-17(10-13)19-16/h1-7,9,16-17,19H,8,10-12H2. The van der Waals surface area contributed by atoms with Crippen LogP contribution < -0.4 is 5.32 Å². The molecule has 2 nitrogen and oxygen atoms in total. The van der Waals surface area contributed by atoms with Gasteiger partial charge in [-0.25, -0.2) is 0 Å². The van der Waals surface area contributed by atoms with Crippen LogP contribution in [-0.2, 0) is 11.2 Å². The van der Waals surface area contributed by atoms with Crippen LogP contribution in [0.15, 0.2) is 54.1 Å². The van der Waals surface area contributed by atoms with Crippen LogP contribution in [0.2, 0.25) is 0 Å². The van der Waals surface area contributed by atoms with Crippen molar-refractivity contribution in [1.29, 1.82) is 0 Å². The fourth-order valence-electron chi connectivity index (χ4n) is 3.44. The Morgan fingerprint density at radius 1 is 1.05 bits per heavy atom. The van der Waals surface area contributed by atoms with Crippen molar-refractivity contribution < 1.29 is 4.74 Å². The molecule has 2 aliphatic rings. The van der Waals surface area contributed by atoms with Crippen molar-refractivity contribution in [3.05, 3.63) is 59.7 Å². The lowest BCUT2D eigenvalue weighted by Gasteiger charge is -2.35. The summed E-state index contributed by atoms with van der Waals surface area (Å²) in [5, 5.41) is 6.33. The minimum atomic E-state index is 0.410. The SMILES string of the molecule is C1=C(Cc2cccc3ccccc23)CC2COCC1N2. The smallest absolute Gasteiger partial charge is 0.0656 e. The summed E-state index contributed by atoms with van der Waals surface area (Å²) < 4.78 is 5.60. The van der Waals surface area contributed by atoms with Gasteiger partial charge in [-0.1, -0.05) is 54.1 Å². The minimum absolute atomic E-state index is 0.410. The molecular weight excluding hydrogens is 246 g/mol. The Bertz CT molecular complexity index is 656. The third kappa shape index (κ3) is 2.26. The Morgan fingerprint density at radius 3 is 2.90 bits per heavy atom. The number of nitrogens with one attached hydrogen (secondary N) is 1. The van der Waals surface area contributed by atoms with Gasteiger partial charge in [0.05, 0.1) is 13.2 Å². The summed E-state index contributed by atoms with van der Waals surface area (Å²) in [4.78, 5) is 0. The Morgan fingerprint density at radius 2 is 1.95 bits per heavy atom. The molecule has 2 aromatic rings. The summed E-state index contributed by atoms with van der Waals surface area (Å²) in [5.41, 5.74) is 2.99. The van der Waals surface area contributed by atoms with Crippen molar-refractivity contribution in [2.24, 2.45) is 0 Å². The highest BCUT2D eigenvalue weighted by atomic mass is 16.5. The molecule has 0 amide bonds. The van der Waals surface area contributed by atoms with Gasteiger partial charge in [0.1, 0.15) is 0 Å². The Balaban J connectivity index is 1.66. The first-order valence-corrected chi connectivity index (χ1v) is 7.38. The second-order valence-electron chi connectivity index (χ2n) is 5.85. The molecule has 2 heteroatoms. The molecule has 4 rings (SSSR count). The van der Waals surface area contributed by atoms with Gasteiger partial charge in [0, 0.05) is 12.1 Å². The van der Waals surface area contributed by atoms with E-state index in [1.54, 1.807) is 5.57 Å². The highest BCUT2D eigenvalue weighted by molar-refractivity contribution is 5.85. The Hall–Kier alpha value is -1.64. The fraction of sp³-hybridized carbons (Fsp3) is 0.333. The quantitative estimate of drug-likeness (QED) is 0.843. The zero-order valence-electron chi connectivity index (χ0n) is 11.5. The maximum atomic E-state index is 5.60. The van der Waals surface area contributed by atoms with Crippen LogP contribution in [0.25, 0.3) is 10.8 Å². The van der Waals surface area contributed by atoms with Crippen molar-refractivity contribution in [3.8, 4) is 0 Å². The van der Waals surface area contributed by atoms with Gasteiger partial charge in [0.25, 0.3) is 0 Å². The zero-order valence-corrected chi connectivity index (χ0v) is 11.5. The molecule has 102 valence electrons. The number of morpholine rings is 1. The highest BCUT2D eigenvalue weighted by Crippen LogP contribution is 2.25. The van der Waals surface area contributed by atoms with E-state index in [2.05, 4.69) is 53.9 Å². The van der Waals surface area contributed by atoms with Gasteiger partial charge >= 0.3 is 0 Å². The van der Waals surface area contributed by atoms with Crippen LogP contribution in [0.4, 0.5) is 0 Å². The molecule has 2 aliphatic heterocycles. The van der Waals surface area contributed by atoms with E-state index in [1.807, 2.05) is 0 Å². The molecule has 0 aromatic heterocycles. The monoisotopic (exact) mass is 265 g/mol. The van der Waals surface area contributed by atoms with Crippen LogP contribution >= 0.6 is 0 Å². The predicted octanol–water partition coefficient (Wildman–Crippen LogP) is 3.07.